The lowest BCUT2D eigenvalue weighted by Crippen LogP contribution is -2.25. The van der Waals surface area contributed by atoms with E-state index in [0.717, 1.165) is 13.7 Å². The van der Waals surface area contributed by atoms with Crippen molar-refractivity contribution in [2.75, 3.05) is 11.4 Å². The minimum Gasteiger partial charge on any atom is -0.310 e. The first-order valence-electron chi connectivity index (χ1n) is 4.47. The Morgan fingerprint density at radius 1 is 1.53 bits per heavy atom. The first-order valence-corrected chi connectivity index (χ1v) is 6.78. The van der Waals surface area contributed by atoms with Crippen LogP contribution < -0.4 is 4.90 Å². The molecule has 1 aromatic carbocycles. The van der Waals surface area contributed by atoms with Gasteiger partial charge in [0, 0.05) is 21.0 Å². The number of carbonyl (C=O) groups is 1. The normalized spacial score (nSPS) is 21.1. The summed E-state index contributed by atoms with van der Waals surface area (Å²) in [6, 6.07) is 5.90. The first kappa shape index (κ1) is 11.7. The monoisotopic (exact) mass is 399 g/mol. The highest BCUT2D eigenvalue weighted by atomic mass is 127. The largest absolute Gasteiger partial charge is 0.310 e. The summed E-state index contributed by atoms with van der Waals surface area (Å²) in [7, 11) is 0. The Kier molecular flexibility index (Phi) is 3.57. The molecule has 1 saturated heterocycles. The Hall–Kier alpha value is 0.190. The molecule has 1 fully saturated rings. The number of rotatable bonds is 1. The van der Waals surface area contributed by atoms with Crippen molar-refractivity contribution in [3.05, 3.63) is 26.2 Å². The van der Waals surface area contributed by atoms with Gasteiger partial charge in [-0.3, -0.25) is 4.79 Å². The zero-order chi connectivity index (χ0) is 11.0. The third-order valence-electron chi connectivity index (χ3n) is 2.28. The van der Waals surface area contributed by atoms with Crippen molar-refractivity contribution >= 4 is 61.7 Å². The fourth-order valence-corrected chi connectivity index (χ4v) is 2.84. The van der Waals surface area contributed by atoms with Gasteiger partial charge in [-0.2, -0.15) is 0 Å². The quantitative estimate of drug-likeness (QED) is 0.523. The second-order valence-corrected chi connectivity index (χ2v) is 6.10. The van der Waals surface area contributed by atoms with Crippen LogP contribution in [0.1, 0.15) is 6.42 Å². The van der Waals surface area contributed by atoms with Crippen LogP contribution in [0.5, 0.6) is 0 Å². The van der Waals surface area contributed by atoms with Crippen LogP contribution in [0.25, 0.3) is 0 Å². The minimum absolute atomic E-state index is 0.0627. The van der Waals surface area contributed by atoms with E-state index in [2.05, 4.69) is 38.5 Å². The number of hydrogen-bond acceptors (Lipinski definition) is 1. The highest BCUT2D eigenvalue weighted by Gasteiger charge is 2.30. The van der Waals surface area contributed by atoms with Crippen molar-refractivity contribution < 1.29 is 4.79 Å². The van der Waals surface area contributed by atoms with Crippen molar-refractivity contribution in [1.29, 1.82) is 0 Å². The molecular formula is C10H8BrClINO. The molecule has 2 nitrogen and oxygen atoms in total. The molecule has 80 valence electrons. The lowest BCUT2D eigenvalue weighted by atomic mass is 10.3. The van der Waals surface area contributed by atoms with Gasteiger partial charge < -0.3 is 4.90 Å². The predicted octanol–water partition coefficient (Wildman–Crippen LogP) is 3.40. The molecule has 1 unspecified atom stereocenters. The molecular weight excluding hydrogens is 392 g/mol. The molecule has 1 aliphatic heterocycles. The van der Waals surface area contributed by atoms with E-state index in [1.54, 1.807) is 4.90 Å². The van der Waals surface area contributed by atoms with E-state index in [0.29, 0.717) is 13.0 Å². The number of hydrogen-bond donors (Lipinski definition) is 0. The summed E-state index contributed by atoms with van der Waals surface area (Å²) in [5, 5.41) is -0.0627. The molecule has 1 atom stereocenters. The molecule has 1 heterocycles. The zero-order valence-electron chi connectivity index (χ0n) is 7.71. The van der Waals surface area contributed by atoms with Gasteiger partial charge in [0.15, 0.2) is 0 Å². The van der Waals surface area contributed by atoms with Gasteiger partial charge in [0.2, 0.25) is 5.91 Å². The SMILES string of the molecule is O=C1CC(Cl)CN1c1cc(Br)ccc1I. The van der Waals surface area contributed by atoms with Crippen LogP contribution in [0.2, 0.25) is 0 Å². The van der Waals surface area contributed by atoms with Gasteiger partial charge >= 0.3 is 0 Å². The van der Waals surface area contributed by atoms with Gasteiger partial charge in [0.05, 0.1) is 11.1 Å². The third-order valence-corrected chi connectivity index (χ3v) is 3.97. The number of benzene rings is 1. The van der Waals surface area contributed by atoms with E-state index in [9.17, 15) is 4.79 Å². The van der Waals surface area contributed by atoms with Crippen LogP contribution in [-0.4, -0.2) is 17.8 Å². The molecule has 0 saturated carbocycles. The fraction of sp³-hybridized carbons (Fsp3) is 0.300. The Bertz CT molecular complexity index is 412. The molecule has 0 spiro atoms. The lowest BCUT2D eigenvalue weighted by molar-refractivity contribution is -0.117. The van der Waals surface area contributed by atoms with Crippen LogP contribution in [-0.2, 0) is 4.79 Å². The smallest absolute Gasteiger partial charge is 0.228 e. The minimum atomic E-state index is -0.0627. The van der Waals surface area contributed by atoms with Gasteiger partial charge in [-0.05, 0) is 40.8 Å². The molecule has 5 heteroatoms. The standard InChI is InChI=1S/C10H8BrClINO/c11-6-1-2-8(13)9(3-6)14-5-7(12)4-10(14)15/h1-3,7H,4-5H2. The topological polar surface area (TPSA) is 20.3 Å². The second-order valence-electron chi connectivity index (χ2n) is 3.40. The molecule has 0 radical (unpaired) electrons. The van der Waals surface area contributed by atoms with Gasteiger partial charge in [-0.25, -0.2) is 0 Å². The third kappa shape index (κ3) is 2.47. The van der Waals surface area contributed by atoms with E-state index in [4.69, 9.17) is 11.6 Å². The van der Waals surface area contributed by atoms with Crippen LogP contribution in [0, 0.1) is 3.57 Å². The summed E-state index contributed by atoms with van der Waals surface area (Å²) < 4.78 is 2.04. The molecule has 1 amide bonds. The van der Waals surface area contributed by atoms with Crippen LogP contribution in [0.3, 0.4) is 0 Å². The zero-order valence-corrected chi connectivity index (χ0v) is 12.2. The lowest BCUT2D eigenvalue weighted by Gasteiger charge is -2.17. The molecule has 0 bridgehead atoms. The van der Waals surface area contributed by atoms with Gasteiger partial charge in [-0.1, -0.05) is 15.9 Å². The number of nitrogens with zero attached hydrogens (tertiary/aromatic N) is 1. The Morgan fingerprint density at radius 2 is 2.27 bits per heavy atom. The predicted molar refractivity (Wildman–Crippen MR) is 73.5 cm³/mol. The molecule has 0 aromatic heterocycles. The van der Waals surface area contributed by atoms with Crippen LogP contribution in [0.4, 0.5) is 5.69 Å². The molecule has 0 aliphatic carbocycles. The van der Waals surface area contributed by atoms with E-state index in [1.165, 1.54) is 0 Å². The summed E-state index contributed by atoms with van der Waals surface area (Å²) in [6.07, 6.45) is 0.435. The van der Waals surface area contributed by atoms with Gasteiger partial charge in [-0.15, -0.1) is 11.6 Å². The van der Waals surface area contributed by atoms with Crippen molar-refractivity contribution in [2.24, 2.45) is 0 Å². The van der Waals surface area contributed by atoms with Crippen LogP contribution in [0.15, 0.2) is 22.7 Å². The molecule has 1 aromatic rings. The van der Waals surface area contributed by atoms with Crippen molar-refractivity contribution in [3.8, 4) is 0 Å². The number of carbonyl (C=O) groups excluding carboxylic acids is 1. The maximum Gasteiger partial charge on any atom is 0.228 e. The molecule has 0 N–H and O–H groups in total. The number of anilines is 1. The van der Waals surface area contributed by atoms with E-state index < -0.39 is 0 Å². The Labute approximate surface area is 115 Å². The Morgan fingerprint density at radius 3 is 2.87 bits per heavy atom. The van der Waals surface area contributed by atoms with Crippen molar-refractivity contribution in [3.63, 3.8) is 0 Å². The second kappa shape index (κ2) is 4.59. The maximum absolute atomic E-state index is 11.7. The summed E-state index contributed by atoms with van der Waals surface area (Å²) in [5.41, 5.74) is 0.943. The number of alkyl halides is 1. The summed E-state index contributed by atoms with van der Waals surface area (Å²) in [6.45, 7) is 0.604. The van der Waals surface area contributed by atoms with Gasteiger partial charge in [0.1, 0.15) is 0 Å². The van der Waals surface area contributed by atoms with Gasteiger partial charge in [0.25, 0.3) is 0 Å². The fourth-order valence-electron chi connectivity index (χ4n) is 1.59. The maximum atomic E-state index is 11.7. The highest BCUT2D eigenvalue weighted by molar-refractivity contribution is 14.1. The number of amides is 1. The van der Waals surface area contributed by atoms with E-state index in [-0.39, 0.29) is 11.3 Å². The average Bonchev–Trinajstić information content (AvgIpc) is 2.50. The summed E-state index contributed by atoms with van der Waals surface area (Å²) in [5.74, 6) is 0.103. The first-order chi connectivity index (χ1) is 7.08. The van der Waals surface area contributed by atoms with E-state index >= 15 is 0 Å². The number of halogens is 3. The highest BCUT2D eigenvalue weighted by Crippen LogP contribution is 2.30. The van der Waals surface area contributed by atoms with Crippen LogP contribution >= 0.6 is 50.1 Å². The molecule has 1 aliphatic rings. The summed E-state index contributed by atoms with van der Waals surface area (Å²) >= 11 is 11.6. The van der Waals surface area contributed by atoms with Crippen molar-refractivity contribution in [1.82, 2.24) is 0 Å². The van der Waals surface area contributed by atoms with Crippen molar-refractivity contribution in [2.45, 2.75) is 11.8 Å². The summed E-state index contributed by atoms with van der Waals surface area (Å²) in [4.78, 5) is 13.4. The molecule has 15 heavy (non-hydrogen) atoms. The van der Waals surface area contributed by atoms with E-state index in [1.807, 2.05) is 18.2 Å². The average molecular weight is 400 g/mol. The molecule has 2 rings (SSSR count). The Balaban J connectivity index is 2.37.